The van der Waals surface area contributed by atoms with Crippen LogP contribution in [-0.2, 0) is 22.6 Å². The lowest BCUT2D eigenvalue weighted by Crippen LogP contribution is -2.45. The predicted octanol–water partition coefficient (Wildman–Crippen LogP) is 5.18. The number of hydrogen-bond acceptors (Lipinski definition) is 4. The van der Waals surface area contributed by atoms with E-state index in [2.05, 4.69) is 0 Å². The molecule has 3 aromatic rings. The third-order valence-electron chi connectivity index (χ3n) is 5.95. The molecule has 8 heteroatoms. The summed E-state index contributed by atoms with van der Waals surface area (Å²) < 4.78 is 33.5. The molecule has 0 saturated carbocycles. The van der Waals surface area contributed by atoms with E-state index >= 15 is 0 Å². The Morgan fingerprint density at radius 3 is 2.43 bits per heavy atom. The van der Waals surface area contributed by atoms with Crippen LogP contribution in [0, 0.1) is 18.6 Å². The van der Waals surface area contributed by atoms with Crippen LogP contribution < -0.4 is 0 Å². The number of carbonyl (C=O) groups is 2. The number of ether oxygens (including phenoxy) is 1. The van der Waals surface area contributed by atoms with Crippen LogP contribution >= 0.6 is 11.3 Å². The van der Waals surface area contributed by atoms with Gasteiger partial charge in [-0.15, -0.1) is 11.3 Å². The molecule has 184 valence electrons. The fraction of sp³-hybridized carbons (Fsp3) is 0.333. The SMILES string of the molecule is Cc1ccc(CN(Cc2ccc(F)cc2)C(=O)CN(C[C@H]2CCCO2)C(=O)c2ccccc2F)s1. The van der Waals surface area contributed by atoms with Crippen molar-refractivity contribution in [2.75, 3.05) is 19.7 Å². The number of halogens is 2. The molecule has 0 bridgehead atoms. The van der Waals surface area contributed by atoms with Crippen LogP contribution in [0.15, 0.2) is 60.7 Å². The van der Waals surface area contributed by atoms with E-state index in [4.69, 9.17) is 4.74 Å². The van der Waals surface area contributed by atoms with E-state index < -0.39 is 11.7 Å². The number of rotatable bonds is 9. The number of thiophene rings is 1. The number of carbonyl (C=O) groups excluding carboxylic acids is 2. The molecule has 2 heterocycles. The third-order valence-corrected chi connectivity index (χ3v) is 6.93. The van der Waals surface area contributed by atoms with Crippen LogP contribution in [0.25, 0.3) is 0 Å². The Kier molecular flexibility index (Phi) is 8.25. The van der Waals surface area contributed by atoms with Gasteiger partial charge in [-0.1, -0.05) is 24.3 Å². The molecule has 5 nitrogen and oxygen atoms in total. The van der Waals surface area contributed by atoms with Gasteiger partial charge in [0, 0.05) is 29.5 Å². The second-order valence-electron chi connectivity index (χ2n) is 8.69. The van der Waals surface area contributed by atoms with Crippen LogP contribution in [0.1, 0.15) is 38.5 Å². The Hall–Kier alpha value is -3.10. The van der Waals surface area contributed by atoms with E-state index in [1.54, 1.807) is 34.4 Å². The lowest BCUT2D eigenvalue weighted by molar-refractivity contribution is -0.133. The summed E-state index contributed by atoms with van der Waals surface area (Å²) in [6.45, 7) is 3.22. The minimum atomic E-state index is -0.625. The Balaban J connectivity index is 1.56. The molecule has 1 aliphatic heterocycles. The minimum Gasteiger partial charge on any atom is -0.376 e. The van der Waals surface area contributed by atoms with Gasteiger partial charge < -0.3 is 14.5 Å². The Bertz CT molecular complexity index is 1160. The number of amides is 2. The Morgan fingerprint density at radius 2 is 1.77 bits per heavy atom. The second-order valence-corrected chi connectivity index (χ2v) is 10.1. The summed E-state index contributed by atoms with van der Waals surface area (Å²) in [5.41, 5.74) is 0.705. The van der Waals surface area contributed by atoms with Crippen LogP contribution in [0.4, 0.5) is 8.78 Å². The molecule has 0 N–H and O–H groups in total. The standard InChI is InChI=1S/C27H28F2N2O3S/c1-19-8-13-23(35-19)17-30(15-20-9-11-21(28)12-10-20)26(32)18-31(16-22-5-4-14-34-22)27(33)24-6-2-3-7-25(24)29/h2-3,6-13,22H,4-5,14-18H2,1H3/t22-/m1/s1. The average Bonchev–Trinajstić information content (AvgIpc) is 3.51. The van der Waals surface area contributed by atoms with Crippen LogP contribution in [-0.4, -0.2) is 47.4 Å². The summed E-state index contributed by atoms with van der Waals surface area (Å²) in [7, 11) is 0. The van der Waals surface area contributed by atoms with Crippen molar-refractivity contribution in [1.29, 1.82) is 0 Å². The molecule has 1 saturated heterocycles. The second kappa shape index (κ2) is 11.6. The number of hydrogen-bond donors (Lipinski definition) is 0. The van der Waals surface area contributed by atoms with Crippen molar-refractivity contribution >= 4 is 23.2 Å². The maximum atomic E-state index is 14.4. The number of benzene rings is 2. The number of aryl methyl sites for hydroxylation is 1. The van der Waals surface area contributed by atoms with Gasteiger partial charge in [0.05, 0.1) is 18.2 Å². The van der Waals surface area contributed by atoms with Gasteiger partial charge in [0.1, 0.15) is 18.2 Å². The summed E-state index contributed by atoms with van der Waals surface area (Å²) in [6.07, 6.45) is 1.47. The summed E-state index contributed by atoms with van der Waals surface area (Å²) in [6, 6.07) is 15.8. The highest BCUT2D eigenvalue weighted by Crippen LogP contribution is 2.21. The topological polar surface area (TPSA) is 49.9 Å². The van der Waals surface area contributed by atoms with E-state index in [9.17, 15) is 18.4 Å². The Morgan fingerprint density at radius 1 is 1.00 bits per heavy atom. The predicted molar refractivity (Wildman–Crippen MR) is 131 cm³/mol. The first-order chi connectivity index (χ1) is 16.9. The van der Waals surface area contributed by atoms with Crippen molar-refractivity contribution in [1.82, 2.24) is 9.80 Å². The molecule has 0 spiro atoms. The first-order valence-electron chi connectivity index (χ1n) is 11.6. The molecule has 0 aliphatic carbocycles. The third kappa shape index (κ3) is 6.74. The van der Waals surface area contributed by atoms with Gasteiger partial charge in [-0.2, -0.15) is 0 Å². The van der Waals surface area contributed by atoms with Crippen LogP contribution in [0.3, 0.4) is 0 Å². The molecule has 1 fully saturated rings. The first-order valence-corrected chi connectivity index (χ1v) is 12.4. The molecular formula is C27H28F2N2O3S. The van der Waals surface area contributed by atoms with Crippen molar-refractivity contribution in [2.45, 2.75) is 39.0 Å². The quantitative estimate of drug-likeness (QED) is 0.408. The zero-order valence-corrected chi connectivity index (χ0v) is 20.4. The zero-order chi connectivity index (χ0) is 24.8. The molecule has 1 aromatic heterocycles. The van der Waals surface area contributed by atoms with Crippen molar-refractivity contribution in [3.63, 3.8) is 0 Å². The molecule has 1 aliphatic rings. The maximum absolute atomic E-state index is 14.4. The first kappa shape index (κ1) is 25.0. The fourth-order valence-corrected chi connectivity index (χ4v) is 5.03. The van der Waals surface area contributed by atoms with Gasteiger partial charge in [0.2, 0.25) is 5.91 Å². The highest BCUT2D eigenvalue weighted by atomic mass is 32.1. The fourth-order valence-electron chi connectivity index (χ4n) is 4.12. The zero-order valence-electron chi connectivity index (χ0n) is 19.6. The summed E-state index contributed by atoms with van der Waals surface area (Å²) in [4.78, 5) is 32.0. The van der Waals surface area contributed by atoms with E-state index in [0.29, 0.717) is 13.2 Å². The monoisotopic (exact) mass is 498 g/mol. The van der Waals surface area contributed by atoms with E-state index in [-0.39, 0.29) is 43.0 Å². The van der Waals surface area contributed by atoms with Gasteiger partial charge in [0.15, 0.2) is 0 Å². The highest BCUT2D eigenvalue weighted by Gasteiger charge is 2.28. The Labute approximate surface area is 207 Å². The minimum absolute atomic E-state index is 0.0720. The molecule has 0 unspecified atom stereocenters. The molecule has 2 amide bonds. The van der Waals surface area contributed by atoms with E-state index in [1.165, 1.54) is 35.2 Å². The normalized spacial score (nSPS) is 15.2. The largest absolute Gasteiger partial charge is 0.376 e. The molecule has 2 aromatic carbocycles. The van der Waals surface area contributed by atoms with Crippen molar-refractivity contribution < 1.29 is 23.1 Å². The van der Waals surface area contributed by atoms with Gasteiger partial charge in [-0.25, -0.2) is 8.78 Å². The maximum Gasteiger partial charge on any atom is 0.257 e. The van der Waals surface area contributed by atoms with Crippen molar-refractivity contribution in [2.24, 2.45) is 0 Å². The van der Waals surface area contributed by atoms with Crippen LogP contribution in [0.5, 0.6) is 0 Å². The van der Waals surface area contributed by atoms with E-state index in [0.717, 1.165) is 28.2 Å². The van der Waals surface area contributed by atoms with Gasteiger partial charge in [-0.05, 0) is 61.7 Å². The molecule has 0 radical (unpaired) electrons. The molecular weight excluding hydrogens is 470 g/mol. The van der Waals surface area contributed by atoms with Crippen molar-refractivity contribution in [3.8, 4) is 0 Å². The molecule has 4 rings (SSSR count). The van der Waals surface area contributed by atoms with Crippen LogP contribution in [0.2, 0.25) is 0 Å². The smallest absolute Gasteiger partial charge is 0.257 e. The van der Waals surface area contributed by atoms with E-state index in [1.807, 2.05) is 19.1 Å². The summed E-state index contributed by atoms with van der Waals surface area (Å²) >= 11 is 1.59. The molecule has 35 heavy (non-hydrogen) atoms. The van der Waals surface area contributed by atoms with Gasteiger partial charge in [-0.3, -0.25) is 9.59 Å². The molecule has 1 atom stereocenters. The van der Waals surface area contributed by atoms with Crippen molar-refractivity contribution in [3.05, 3.63) is 93.2 Å². The summed E-state index contributed by atoms with van der Waals surface area (Å²) in [5.74, 6) is -1.79. The lowest BCUT2D eigenvalue weighted by atomic mass is 10.1. The van der Waals surface area contributed by atoms with Gasteiger partial charge >= 0.3 is 0 Å². The lowest BCUT2D eigenvalue weighted by Gasteiger charge is -2.29. The number of nitrogens with zero attached hydrogens (tertiary/aromatic N) is 2. The average molecular weight is 499 g/mol. The summed E-state index contributed by atoms with van der Waals surface area (Å²) in [5, 5.41) is 0. The van der Waals surface area contributed by atoms with Gasteiger partial charge in [0.25, 0.3) is 5.91 Å². The highest BCUT2D eigenvalue weighted by molar-refractivity contribution is 7.11.